The van der Waals surface area contributed by atoms with Crippen LogP contribution in [-0.2, 0) is 27.3 Å². The molecule has 1 amide bonds. The number of carbonyl (C=O) groups is 2. The summed E-state index contributed by atoms with van der Waals surface area (Å²) in [5, 5.41) is 5.78. The van der Waals surface area contributed by atoms with Crippen LogP contribution in [0.3, 0.4) is 0 Å². The van der Waals surface area contributed by atoms with E-state index in [9.17, 15) is 9.59 Å². The largest absolute Gasteiger partial charge is 0.464 e. The molecular weight excluding hydrogens is 366 g/mol. The third-order valence-corrected chi connectivity index (χ3v) is 4.98. The quantitative estimate of drug-likeness (QED) is 0.501. The SMILES string of the molecule is Cc1ccccc1CNC(=O)COC(=O)Cc1coc2ccc3ccccc3c12. The van der Waals surface area contributed by atoms with Crippen molar-refractivity contribution in [1.29, 1.82) is 0 Å². The highest BCUT2D eigenvalue weighted by molar-refractivity contribution is 6.08. The van der Waals surface area contributed by atoms with Crippen LogP contribution < -0.4 is 5.32 Å². The van der Waals surface area contributed by atoms with Crippen LogP contribution in [0.1, 0.15) is 16.7 Å². The summed E-state index contributed by atoms with van der Waals surface area (Å²) < 4.78 is 10.8. The highest BCUT2D eigenvalue weighted by Gasteiger charge is 2.15. The van der Waals surface area contributed by atoms with Gasteiger partial charge >= 0.3 is 5.97 Å². The lowest BCUT2D eigenvalue weighted by Crippen LogP contribution is -2.28. The number of benzene rings is 3. The summed E-state index contributed by atoms with van der Waals surface area (Å²) >= 11 is 0. The molecule has 146 valence electrons. The van der Waals surface area contributed by atoms with Gasteiger partial charge in [-0.2, -0.15) is 0 Å². The maximum absolute atomic E-state index is 12.3. The van der Waals surface area contributed by atoms with Gasteiger partial charge < -0.3 is 14.5 Å². The molecule has 1 aromatic heterocycles. The minimum Gasteiger partial charge on any atom is -0.464 e. The highest BCUT2D eigenvalue weighted by Crippen LogP contribution is 2.30. The van der Waals surface area contributed by atoms with Crippen molar-refractivity contribution < 1.29 is 18.7 Å². The Bertz CT molecular complexity index is 1190. The minimum atomic E-state index is -0.466. The zero-order chi connectivity index (χ0) is 20.2. The van der Waals surface area contributed by atoms with Crippen LogP contribution in [0.15, 0.2) is 71.3 Å². The monoisotopic (exact) mass is 387 g/mol. The molecule has 0 spiro atoms. The van der Waals surface area contributed by atoms with Crippen LogP contribution >= 0.6 is 0 Å². The van der Waals surface area contributed by atoms with Gasteiger partial charge in [0, 0.05) is 17.5 Å². The topological polar surface area (TPSA) is 68.5 Å². The van der Waals surface area contributed by atoms with Crippen molar-refractivity contribution in [3.8, 4) is 0 Å². The number of furan rings is 1. The fourth-order valence-electron chi connectivity index (χ4n) is 3.41. The number of fused-ring (bicyclic) bond motifs is 3. The van der Waals surface area contributed by atoms with Gasteiger partial charge in [0.2, 0.25) is 0 Å². The van der Waals surface area contributed by atoms with Gasteiger partial charge in [0.25, 0.3) is 5.91 Å². The molecule has 0 bridgehead atoms. The van der Waals surface area contributed by atoms with Crippen LogP contribution in [0, 0.1) is 6.92 Å². The van der Waals surface area contributed by atoms with E-state index in [0.717, 1.165) is 38.4 Å². The van der Waals surface area contributed by atoms with E-state index >= 15 is 0 Å². The fraction of sp³-hybridized carbons (Fsp3) is 0.167. The molecule has 0 radical (unpaired) electrons. The number of esters is 1. The lowest BCUT2D eigenvalue weighted by molar-refractivity contribution is -0.147. The van der Waals surface area contributed by atoms with Gasteiger partial charge in [0.05, 0.1) is 12.7 Å². The van der Waals surface area contributed by atoms with Crippen molar-refractivity contribution in [1.82, 2.24) is 5.32 Å². The Morgan fingerprint density at radius 1 is 0.966 bits per heavy atom. The van der Waals surface area contributed by atoms with E-state index < -0.39 is 5.97 Å². The standard InChI is InChI=1S/C24H21NO4/c1-16-6-2-3-8-18(16)13-25-22(26)15-29-23(27)12-19-14-28-21-11-10-17-7-4-5-9-20(17)24(19)21/h2-11,14H,12-13,15H2,1H3,(H,25,26). The highest BCUT2D eigenvalue weighted by atomic mass is 16.5. The molecule has 29 heavy (non-hydrogen) atoms. The van der Waals surface area contributed by atoms with Crippen molar-refractivity contribution in [2.45, 2.75) is 19.9 Å². The van der Waals surface area contributed by atoms with Gasteiger partial charge in [-0.15, -0.1) is 0 Å². The molecule has 0 aliphatic heterocycles. The Morgan fingerprint density at radius 2 is 1.76 bits per heavy atom. The number of carbonyl (C=O) groups excluding carboxylic acids is 2. The van der Waals surface area contributed by atoms with Crippen molar-refractivity contribution in [3.63, 3.8) is 0 Å². The second-order valence-electron chi connectivity index (χ2n) is 6.96. The van der Waals surface area contributed by atoms with Gasteiger partial charge in [0.1, 0.15) is 5.58 Å². The second kappa shape index (κ2) is 8.19. The predicted molar refractivity (Wildman–Crippen MR) is 111 cm³/mol. The van der Waals surface area contributed by atoms with Crippen molar-refractivity contribution >= 4 is 33.6 Å². The number of rotatable bonds is 6. The second-order valence-corrected chi connectivity index (χ2v) is 6.96. The van der Waals surface area contributed by atoms with Crippen LogP contribution in [0.5, 0.6) is 0 Å². The van der Waals surface area contributed by atoms with E-state index in [2.05, 4.69) is 5.32 Å². The molecule has 0 saturated carbocycles. The van der Waals surface area contributed by atoms with Crippen molar-refractivity contribution in [3.05, 3.63) is 83.6 Å². The maximum atomic E-state index is 12.3. The lowest BCUT2D eigenvalue weighted by Gasteiger charge is -2.08. The summed E-state index contributed by atoms with van der Waals surface area (Å²) in [6.45, 7) is 2.09. The van der Waals surface area contributed by atoms with Gasteiger partial charge in [-0.1, -0.05) is 54.6 Å². The first kappa shape index (κ1) is 18.7. The molecule has 0 fully saturated rings. The van der Waals surface area contributed by atoms with Crippen LogP contribution in [-0.4, -0.2) is 18.5 Å². The molecule has 0 saturated heterocycles. The van der Waals surface area contributed by atoms with Gasteiger partial charge in [-0.05, 0) is 34.9 Å². The van der Waals surface area contributed by atoms with E-state index in [4.69, 9.17) is 9.15 Å². The summed E-state index contributed by atoms with van der Waals surface area (Å²) in [6, 6.07) is 19.6. The van der Waals surface area contributed by atoms with Gasteiger partial charge in [0.15, 0.2) is 6.61 Å². The number of aryl methyl sites for hydroxylation is 1. The minimum absolute atomic E-state index is 0.0477. The number of ether oxygens (including phenoxy) is 1. The summed E-state index contributed by atoms with van der Waals surface area (Å²) in [5.41, 5.74) is 3.61. The van der Waals surface area contributed by atoms with Crippen LogP contribution in [0.4, 0.5) is 0 Å². The average molecular weight is 387 g/mol. The van der Waals surface area contributed by atoms with Crippen LogP contribution in [0.25, 0.3) is 21.7 Å². The van der Waals surface area contributed by atoms with E-state index in [1.54, 1.807) is 6.26 Å². The molecule has 0 aliphatic carbocycles. The first-order valence-corrected chi connectivity index (χ1v) is 9.46. The normalized spacial score (nSPS) is 10.9. The zero-order valence-electron chi connectivity index (χ0n) is 16.1. The summed E-state index contributed by atoms with van der Waals surface area (Å²) in [5.74, 6) is -0.796. The number of nitrogens with one attached hydrogen (secondary N) is 1. The number of hydrogen-bond donors (Lipinski definition) is 1. The summed E-state index contributed by atoms with van der Waals surface area (Å²) in [7, 11) is 0. The fourth-order valence-corrected chi connectivity index (χ4v) is 3.41. The molecule has 0 atom stereocenters. The van der Waals surface area contributed by atoms with E-state index in [1.165, 1.54) is 0 Å². The van der Waals surface area contributed by atoms with Crippen molar-refractivity contribution in [2.75, 3.05) is 6.61 Å². The van der Waals surface area contributed by atoms with Gasteiger partial charge in [-0.3, -0.25) is 9.59 Å². The molecule has 0 unspecified atom stereocenters. The average Bonchev–Trinajstić information content (AvgIpc) is 3.15. The van der Waals surface area contributed by atoms with Crippen LogP contribution in [0.2, 0.25) is 0 Å². The van der Waals surface area contributed by atoms with Crippen molar-refractivity contribution in [2.24, 2.45) is 0 Å². The van der Waals surface area contributed by atoms with E-state index in [1.807, 2.05) is 67.6 Å². The molecular formula is C24H21NO4. The molecule has 1 N–H and O–H groups in total. The molecule has 4 rings (SSSR count). The Morgan fingerprint density at radius 3 is 2.62 bits per heavy atom. The molecule has 5 nitrogen and oxygen atoms in total. The smallest absolute Gasteiger partial charge is 0.310 e. The maximum Gasteiger partial charge on any atom is 0.310 e. The third kappa shape index (κ3) is 4.14. The number of hydrogen-bond acceptors (Lipinski definition) is 4. The molecule has 1 heterocycles. The first-order valence-electron chi connectivity index (χ1n) is 9.46. The van der Waals surface area contributed by atoms with E-state index in [-0.39, 0.29) is 18.9 Å². The first-order chi connectivity index (χ1) is 14.1. The Hall–Kier alpha value is -3.60. The Kier molecular flexibility index (Phi) is 5.29. The lowest BCUT2D eigenvalue weighted by atomic mass is 10.0. The molecule has 4 aromatic rings. The third-order valence-electron chi connectivity index (χ3n) is 4.98. The summed E-state index contributed by atoms with van der Waals surface area (Å²) in [4.78, 5) is 24.3. The molecule has 0 aliphatic rings. The van der Waals surface area contributed by atoms with E-state index in [0.29, 0.717) is 6.54 Å². The summed E-state index contributed by atoms with van der Waals surface area (Å²) in [6.07, 6.45) is 1.63. The molecule has 3 aromatic carbocycles. The Balaban J connectivity index is 1.37. The molecule has 5 heteroatoms. The van der Waals surface area contributed by atoms with Gasteiger partial charge in [-0.25, -0.2) is 0 Å². The number of amides is 1. The Labute approximate surface area is 168 Å². The predicted octanol–water partition coefficient (Wildman–Crippen LogP) is 4.30. The zero-order valence-corrected chi connectivity index (χ0v) is 16.1.